The van der Waals surface area contributed by atoms with E-state index < -0.39 is 23.6 Å². The summed E-state index contributed by atoms with van der Waals surface area (Å²) in [4.78, 5) is 31.1. The lowest BCUT2D eigenvalue weighted by Gasteiger charge is -2.22. The van der Waals surface area contributed by atoms with Crippen LogP contribution in [0.4, 0.5) is 14.9 Å². The highest BCUT2D eigenvalue weighted by atomic mass is 19.1. The minimum absolute atomic E-state index is 0.242. The highest BCUT2D eigenvalue weighted by Crippen LogP contribution is 2.27. The number of nitrogens with zero attached hydrogens (tertiary/aromatic N) is 4. The van der Waals surface area contributed by atoms with Crippen LogP contribution in [0, 0.1) is 17.8 Å². The fourth-order valence-electron chi connectivity index (χ4n) is 3.85. The van der Waals surface area contributed by atoms with Crippen LogP contribution in [-0.4, -0.2) is 50.5 Å². The van der Waals surface area contributed by atoms with Gasteiger partial charge in [0.25, 0.3) is 0 Å². The second-order valence-electron chi connectivity index (χ2n) is 9.01. The molecule has 0 spiro atoms. The number of fused-ring (bicyclic) bond motifs is 1. The third-order valence-electron chi connectivity index (χ3n) is 5.66. The van der Waals surface area contributed by atoms with E-state index in [2.05, 4.69) is 27.2 Å². The van der Waals surface area contributed by atoms with Gasteiger partial charge in [0.05, 0.1) is 6.20 Å². The molecule has 0 fully saturated rings. The molecule has 180 valence electrons. The SMILES string of the molecule is CN1C(=O)[C@@H](NC(=O)n2cc(Cc3cccnc3F)cn2)CCc2ccc(C#CC(C)(C)O)cc21. The van der Waals surface area contributed by atoms with E-state index in [0.717, 1.165) is 10.2 Å². The molecule has 8 nitrogen and oxygen atoms in total. The Bertz CT molecular complexity index is 1330. The molecule has 0 saturated heterocycles. The molecule has 0 unspecified atom stereocenters. The third-order valence-corrected chi connectivity index (χ3v) is 5.66. The molecule has 2 amide bonds. The number of nitrogens with one attached hydrogen (secondary N) is 1. The molecule has 2 aromatic heterocycles. The molecule has 1 aromatic carbocycles. The molecular formula is C26H26FN5O3. The summed E-state index contributed by atoms with van der Waals surface area (Å²) < 4.78 is 14.9. The number of carbonyl (C=O) groups is 2. The Morgan fingerprint density at radius 3 is 2.89 bits per heavy atom. The summed E-state index contributed by atoms with van der Waals surface area (Å²) in [7, 11) is 1.66. The first-order valence-electron chi connectivity index (χ1n) is 11.2. The number of carbonyl (C=O) groups excluding carboxylic acids is 2. The van der Waals surface area contributed by atoms with E-state index in [9.17, 15) is 19.1 Å². The molecule has 0 saturated carbocycles. The lowest BCUT2D eigenvalue weighted by molar-refractivity contribution is -0.120. The van der Waals surface area contributed by atoms with Crippen molar-refractivity contribution in [3.63, 3.8) is 0 Å². The maximum Gasteiger partial charge on any atom is 0.342 e. The second kappa shape index (κ2) is 9.68. The fraction of sp³-hybridized carbons (Fsp3) is 0.308. The Labute approximate surface area is 202 Å². The van der Waals surface area contributed by atoms with Gasteiger partial charge in [-0.3, -0.25) is 4.79 Å². The van der Waals surface area contributed by atoms with E-state index in [1.54, 1.807) is 33.0 Å². The fourth-order valence-corrected chi connectivity index (χ4v) is 3.85. The van der Waals surface area contributed by atoms with Crippen molar-refractivity contribution in [3.05, 3.63) is 77.1 Å². The highest BCUT2D eigenvalue weighted by molar-refractivity contribution is 6.00. The molecule has 0 radical (unpaired) electrons. The Morgan fingerprint density at radius 1 is 1.34 bits per heavy atom. The molecule has 0 aliphatic carbocycles. The van der Waals surface area contributed by atoms with E-state index in [1.807, 2.05) is 18.2 Å². The zero-order valence-electron chi connectivity index (χ0n) is 19.7. The lowest BCUT2D eigenvalue weighted by Crippen LogP contribution is -2.48. The predicted octanol–water partition coefficient (Wildman–Crippen LogP) is 2.67. The molecular weight excluding hydrogens is 449 g/mol. The number of hydrogen-bond acceptors (Lipinski definition) is 5. The van der Waals surface area contributed by atoms with E-state index in [0.29, 0.717) is 35.2 Å². The largest absolute Gasteiger partial charge is 0.378 e. The average Bonchev–Trinajstić information content (AvgIpc) is 3.25. The van der Waals surface area contributed by atoms with E-state index >= 15 is 0 Å². The number of anilines is 1. The Hall–Kier alpha value is -4.03. The van der Waals surface area contributed by atoms with Gasteiger partial charge in [0.1, 0.15) is 11.6 Å². The van der Waals surface area contributed by atoms with Crippen molar-refractivity contribution in [3.8, 4) is 11.8 Å². The number of aromatic nitrogens is 3. The molecule has 3 heterocycles. The number of aryl methyl sites for hydroxylation is 1. The average molecular weight is 476 g/mol. The summed E-state index contributed by atoms with van der Waals surface area (Å²) in [5.74, 6) is 4.88. The zero-order chi connectivity index (χ0) is 25.2. The van der Waals surface area contributed by atoms with Crippen molar-refractivity contribution in [2.24, 2.45) is 0 Å². The van der Waals surface area contributed by atoms with Crippen molar-refractivity contribution >= 4 is 17.6 Å². The quantitative estimate of drug-likeness (QED) is 0.448. The first-order chi connectivity index (χ1) is 16.6. The van der Waals surface area contributed by atoms with E-state index in [1.165, 1.54) is 23.5 Å². The van der Waals surface area contributed by atoms with Gasteiger partial charge in [-0.2, -0.15) is 14.2 Å². The van der Waals surface area contributed by atoms with Crippen LogP contribution in [0.5, 0.6) is 0 Å². The standard InChI is InChI=1S/C26H26FN5O3/c1-26(2,35)11-10-17-6-7-19-8-9-21(24(33)31(3)22(19)14-17)30-25(34)32-16-18(15-29-32)13-20-5-4-12-28-23(20)27/h4-7,12,14-16,21,35H,8-9,13H2,1-3H3,(H,30,34)/t21-/m0/s1. The van der Waals surface area contributed by atoms with Crippen LogP contribution in [0.1, 0.15) is 42.5 Å². The number of halogens is 1. The third kappa shape index (κ3) is 5.73. The summed E-state index contributed by atoms with van der Waals surface area (Å²) in [6.07, 6.45) is 5.62. The minimum atomic E-state index is -1.12. The summed E-state index contributed by atoms with van der Waals surface area (Å²) in [5.41, 5.74) is 2.28. The van der Waals surface area contributed by atoms with Crippen LogP contribution in [-0.2, 0) is 17.6 Å². The summed E-state index contributed by atoms with van der Waals surface area (Å²) in [6.45, 7) is 3.21. The topological polar surface area (TPSA) is 100 Å². The van der Waals surface area contributed by atoms with Gasteiger partial charge in [-0.1, -0.05) is 24.0 Å². The maximum absolute atomic E-state index is 13.8. The number of hydrogen-bond donors (Lipinski definition) is 2. The molecule has 2 N–H and O–H groups in total. The van der Waals surface area contributed by atoms with Crippen LogP contribution in [0.25, 0.3) is 0 Å². The van der Waals surface area contributed by atoms with E-state index in [-0.39, 0.29) is 12.3 Å². The van der Waals surface area contributed by atoms with Gasteiger partial charge >= 0.3 is 6.03 Å². The number of benzene rings is 1. The molecule has 4 rings (SSSR count). The smallest absolute Gasteiger partial charge is 0.342 e. The molecule has 1 atom stereocenters. The number of rotatable bonds is 3. The van der Waals surface area contributed by atoms with Crippen LogP contribution in [0.2, 0.25) is 0 Å². The van der Waals surface area contributed by atoms with Crippen LogP contribution >= 0.6 is 0 Å². The van der Waals surface area contributed by atoms with Gasteiger partial charge in [-0.05, 0) is 56.0 Å². The minimum Gasteiger partial charge on any atom is -0.378 e. The van der Waals surface area contributed by atoms with Crippen LogP contribution in [0.15, 0.2) is 48.9 Å². The van der Waals surface area contributed by atoms with E-state index in [4.69, 9.17) is 0 Å². The summed E-state index contributed by atoms with van der Waals surface area (Å²) in [6, 6.07) is 7.56. The van der Waals surface area contributed by atoms with Gasteiger partial charge < -0.3 is 15.3 Å². The second-order valence-corrected chi connectivity index (χ2v) is 9.01. The molecule has 1 aliphatic rings. The Balaban J connectivity index is 1.46. The van der Waals surface area contributed by atoms with Gasteiger partial charge in [0.2, 0.25) is 11.9 Å². The summed E-state index contributed by atoms with van der Waals surface area (Å²) >= 11 is 0. The number of amides is 2. The van der Waals surface area contributed by atoms with Gasteiger partial charge in [-0.15, -0.1) is 0 Å². The monoisotopic (exact) mass is 475 g/mol. The highest BCUT2D eigenvalue weighted by Gasteiger charge is 2.30. The van der Waals surface area contributed by atoms with Crippen molar-refractivity contribution < 1.29 is 19.1 Å². The molecule has 1 aliphatic heterocycles. The zero-order valence-corrected chi connectivity index (χ0v) is 19.7. The Kier molecular flexibility index (Phi) is 6.67. The normalized spacial score (nSPS) is 15.6. The molecule has 9 heteroatoms. The van der Waals surface area contributed by atoms with Gasteiger partial charge in [0, 0.05) is 42.7 Å². The first-order valence-corrected chi connectivity index (χ1v) is 11.2. The molecule has 35 heavy (non-hydrogen) atoms. The van der Waals surface area contributed by atoms with Gasteiger partial charge in [-0.25, -0.2) is 9.78 Å². The van der Waals surface area contributed by atoms with Crippen LogP contribution in [0.3, 0.4) is 0 Å². The lowest BCUT2D eigenvalue weighted by atomic mass is 10.0. The Morgan fingerprint density at radius 2 is 2.14 bits per heavy atom. The molecule has 3 aromatic rings. The molecule has 0 bridgehead atoms. The first kappa shape index (κ1) is 24.1. The predicted molar refractivity (Wildman–Crippen MR) is 128 cm³/mol. The summed E-state index contributed by atoms with van der Waals surface area (Å²) in [5, 5.41) is 16.7. The van der Waals surface area contributed by atoms with Crippen molar-refractivity contribution in [1.82, 2.24) is 20.1 Å². The number of aliphatic hydroxyl groups is 1. The maximum atomic E-state index is 13.8. The number of likely N-dealkylation sites (N-methyl/N-ethyl adjacent to an activating group) is 1. The van der Waals surface area contributed by atoms with Crippen molar-refractivity contribution in [2.45, 2.75) is 44.8 Å². The van der Waals surface area contributed by atoms with Crippen molar-refractivity contribution in [1.29, 1.82) is 0 Å². The van der Waals surface area contributed by atoms with Crippen molar-refractivity contribution in [2.75, 3.05) is 11.9 Å². The number of pyridine rings is 1. The van der Waals surface area contributed by atoms with Gasteiger partial charge in [0.15, 0.2) is 0 Å². The van der Waals surface area contributed by atoms with Crippen LogP contribution < -0.4 is 10.2 Å².